The van der Waals surface area contributed by atoms with E-state index in [-0.39, 0.29) is 30.7 Å². The molecule has 0 fully saturated rings. The molecule has 1 N–H and O–H groups in total. The Hall–Kier alpha value is -3.64. The van der Waals surface area contributed by atoms with Crippen molar-refractivity contribution in [1.82, 2.24) is 0 Å². The number of benzene rings is 3. The number of nitrogens with zero attached hydrogens (tertiary/aromatic N) is 1. The van der Waals surface area contributed by atoms with Gasteiger partial charge in [0.25, 0.3) is 11.8 Å². The molecule has 0 saturated heterocycles. The second kappa shape index (κ2) is 8.39. The van der Waals surface area contributed by atoms with Crippen molar-refractivity contribution in [3.63, 3.8) is 0 Å². The molecule has 0 unspecified atom stereocenters. The van der Waals surface area contributed by atoms with Crippen LogP contribution in [-0.2, 0) is 4.79 Å². The predicted molar refractivity (Wildman–Crippen MR) is 114 cm³/mol. The van der Waals surface area contributed by atoms with Crippen molar-refractivity contribution < 1.29 is 19.1 Å². The first-order valence-corrected chi connectivity index (χ1v) is 9.67. The third kappa shape index (κ3) is 4.04. The van der Waals surface area contributed by atoms with Gasteiger partial charge in [-0.25, -0.2) is 4.90 Å². The van der Waals surface area contributed by atoms with E-state index >= 15 is 0 Å². The van der Waals surface area contributed by atoms with Crippen LogP contribution < -0.4 is 15.0 Å². The molecule has 7 heteroatoms. The Morgan fingerprint density at radius 2 is 1.60 bits per heavy atom. The third-order valence-electron chi connectivity index (χ3n) is 4.58. The molecule has 1 heterocycles. The average Bonchev–Trinajstić information content (AvgIpc) is 2.99. The van der Waals surface area contributed by atoms with Gasteiger partial charge in [-0.15, -0.1) is 0 Å². The molecule has 4 rings (SSSR count). The van der Waals surface area contributed by atoms with Crippen LogP contribution in [0.25, 0.3) is 0 Å². The second-order valence-corrected chi connectivity index (χ2v) is 7.08. The van der Waals surface area contributed by atoms with Crippen LogP contribution in [-0.4, -0.2) is 24.3 Å². The first kappa shape index (κ1) is 19.7. The van der Waals surface area contributed by atoms with Crippen LogP contribution in [0.5, 0.6) is 5.75 Å². The van der Waals surface area contributed by atoms with Crippen LogP contribution in [0.2, 0.25) is 5.02 Å². The lowest BCUT2D eigenvalue weighted by Gasteiger charge is -2.15. The normalized spacial score (nSPS) is 12.6. The molecular formula is C23H17ClN2O4. The van der Waals surface area contributed by atoms with Gasteiger partial charge in [0.2, 0.25) is 5.91 Å². The van der Waals surface area contributed by atoms with Gasteiger partial charge in [-0.2, -0.15) is 0 Å². The SMILES string of the molecule is O=C(CCOc1cccc(Cl)c1)Nc1cccc(N2C(=O)c3ccccc3C2=O)c1. The Kier molecular flexibility index (Phi) is 5.50. The van der Waals surface area contributed by atoms with Gasteiger partial charge < -0.3 is 10.1 Å². The summed E-state index contributed by atoms with van der Waals surface area (Å²) in [5.74, 6) is -0.428. The fraction of sp³-hybridized carbons (Fsp3) is 0.0870. The van der Waals surface area contributed by atoms with Crippen LogP contribution in [0.1, 0.15) is 27.1 Å². The quantitative estimate of drug-likeness (QED) is 0.593. The van der Waals surface area contributed by atoms with Gasteiger partial charge in [-0.3, -0.25) is 14.4 Å². The van der Waals surface area contributed by atoms with Crippen molar-refractivity contribution in [3.05, 3.63) is 88.9 Å². The van der Waals surface area contributed by atoms with Gasteiger partial charge in [0.15, 0.2) is 0 Å². The highest BCUT2D eigenvalue weighted by Gasteiger charge is 2.36. The number of carbonyl (C=O) groups is 3. The van der Waals surface area contributed by atoms with Crippen LogP contribution in [0.3, 0.4) is 0 Å². The van der Waals surface area contributed by atoms with Crippen molar-refractivity contribution in [1.29, 1.82) is 0 Å². The molecule has 0 radical (unpaired) electrons. The number of rotatable bonds is 6. The molecule has 0 atom stereocenters. The summed E-state index contributed by atoms with van der Waals surface area (Å²) in [4.78, 5) is 38.6. The summed E-state index contributed by atoms with van der Waals surface area (Å²) in [6, 6.07) is 20.2. The van der Waals surface area contributed by atoms with E-state index in [0.29, 0.717) is 33.3 Å². The zero-order valence-corrected chi connectivity index (χ0v) is 16.6. The first-order chi connectivity index (χ1) is 14.5. The Morgan fingerprint density at radius 3 is 2.30 bits per heavy atom. The lowest BCUT2D eigenvalue weighted by molar-refractivity contribution is -0.116. The Labute approximate surface area is 178 Å². The molecular weight excluding hydrogens is 404 g/mol. The van der Waals surface area contributed by atoms with Crippen LogP contribution >= 0.6 is 11.6 Å². The average molecular weight is 421 g/mol. The smallest absolute Gasteiger partial charge is 0.266 e. The number of amides is 3. The predicted octanol–water partition coefficient (Wildman–Crippen LogP) is 4.55. The van der Waals surface area contributed by atoms with E-state index in [0.717, 1.165) is 4.90 Å². The number of fused-ring (bicyclic) bond motifs is 1. The van der Waals surface area contributed by atoms with Crippen molar-refractivity contribution in [2.75, 3.05) is 16.8 Å². The number of imide groups is 1. The molecule has 0 saturated carbocycles. The van der Waals surface area contributed by atoms with E-state index in [1.165, 1.54) is 0 Å². The number of ether oxygens (including phenoxy) is 1. The molecule has 3 aromatic carbocycles. The van der Waals surface area contributed by atoms with Crippen molar-refractivity contribution >= 4 is 40.7 Å². The summed E-state index contributed by atoms with van der Waals surface area (Å²) in [7, 11) is 0. The standard InChI is InChI=1S/C23H17ClN2O4/c24-15-5-3-8-18(13-15)30-12-11-21(27)25-16-6-4-7-17(14-16)26-22(28)19-9-1-2-10-20(19)23(26)29/h1-10,13-14H,11-12H2,(H,25,27). The zero-order chi connectivity index (χ0) is 21.1. The highest BCUT2D eigenvalue weighted by Crippen LogP contribution is 2.29. The van der Waals surface area contributed by atoms with Gasteiger partial charge in [0, 0.05) is 10.7 Å². The van der Waals surface area contributed by atoms with Crippen LogP contribution in [0.4, 0.5) is 11.4 Å². The van der Waals surface area contributed by atoms with Crippen LogP contribution in [0, 0.1) is 0 Å². The minimum atomic E-state index is -0.381. The van der Waals surface area contributed by atoms with E-state index in [1.807, 2.05) is 0 Å². The summed E-state index contributed by atoms with van der Waals surface area (Å²) < 4.78 is 5.52. The van der Waals surface area contributed by atoms with Crippen molar-refractivity contribution in [3.8, 4) is 5.75 Å². The topological polar surface area (TPSA) is 75.7 Å². The molecule has 150 valence electrons. The maximum Gasteiger partial charge on any atom is 0.266 e. The van der Waals surface area contributed by atoms with Gasteiger partial charge in [0.05, 0.1) is 29.8 Å². The van der Waals surface area contributed by atoms with E-state index in [2.05, 4.69) is 5.32 Å². The molecule has 0 bridgehead atoms. The number of halogens is 1. The van der Waals surface area contributed by atoms with Gasteiger partial charge in [0.1, 0.15) is 5.75 Å². The lowest BCUT2D eigenvalue weighted by atomic mass is 10.1. The summed E-state index contributed by atoms with van der Waals surface area (Å²) >= 11 is 5.90. The minimum Gasteiger partial charge on any atom is -0.493 e. The number of anilines is 2. The Morgan fingerprint density at radius 1 is 0.900 bits per heavy atom. The molecule has 6 nitrogen and oxygen atoms in total. The highest BCUT2D eigenvalue weighted by atomic mass is 35.5. The molecule has 3 aromatic rings. The van der Waals surface area contributed by atoms with Gasteiger partial charge >= 0.3 is 0 Å². The minimum absolute atomic E-state index is 0.129. The van der Waals surface area contributed by atoms with Crippen molar-refractivity contribution in [2.24, 2.45) is 0 Å². The first-order valence-electron chi connectivity index (χ1n) is 9.29. The fourth-order valence-corrected chi connectivity index (χ4v) is 3.37. The Balaban J connectivity index is 1.40. The summed E-state index contributed by atoms with van der Waals surface area (Å²) in [5, 5.41) is 3.32. The summed E-state index contributed by atoms with van der Waals surface area (Å²) in [5.41, 5.74) is 1.62. The number of carbonyl (C=O) groups excluding carboxylic acids is 3. The van der Waals surface area contributed by atoms with Gasteiger partial charge in [-0.05, 0) is 48.5 Å². The molecule has 0 aliphatic carbocycles. The number of nitrogens with one attached hydrogen (secondary N) is 1. The number of hydrogen-bond acceptors (Lipinski definition) is 4. The third-order valence-corrected chi connectivity index (χ3v) is 4.81. The Bertz CT molecular complexity index is 1110. The monoisotopic (exact) mass is 420 g/mol. The van der Waals surface area contributed by atoms with E-state index in [4.69, 9.17) is 16.3 Å². The maximum absolute atomic E-state index is 12.6. The maximum atomic E-state index is 12.6. The molecule has 30 heavy (non-hydrogen) atoms. The van der Waals surface area contributed by atoms with E-state index in [9.17, 15) is 14.4 Å². The van der Waals surface area contributed by atoms with Gasteiger partial charge in [-0.1, -0.05) is 35.9 Å². The second-order valence-electron chi connectivity index (χ2n) is 6.65. The van der Waals surface area contributed by atoms with Crippen LogP contribution in [0.15, 0.2) is 72.8 Å². The largest absolute Gasteiger partial charge is 0.493 e. The molecule has 3 amide bonds. The van der Waals surface area contributed by atoms with Crippen molar-refractivity contribution in [2.45, 2.75) is 6.42 Å². The molecule has 0 spiro atoms. The molecule has 0 aromatic heterocycles. The zero-order valence-electron chi connectivity index (χ0n) is 15.8. The lowest BCUT2D eigenvalue weighted by Crippen LogP contribution is -2.29. The fourth-order valence-electron chi connectivity index (χ4n) is 3.19. The molecule has 1 aliphatic heterocycles. The van der Waals surface area contributed by atoms with E-state index < -0.39 is 0 Å². The highest BCUT2D eigenvalue weighted by molar-refractivity contribution is 6.34. The van der Waals surface area contributed by atoms with E-state index in [1.54, 1.807) is 72.8 Å². The molecule has 1 aliphatic rings. The number of hydrogen-bond donors (Lipinski definition) is 1. The summed E-state index contributed by atoms with van der Waals surface area (Å²) in [6.45, 7) is 0.185. The summed E-state index contributed by atoms with van der Waals surface area (Å²) in [6.07, 6.45) is 0.129.